The van der Waals surface area contributed by atoms with Gasteiger partial charge >= 0.3 is 5.97 Å². The van der Waals surface area contributed by atoms with Crippen molar-refractivity contribution >= 4 is 29.5 Å². The Balaban J connectivity index is 2.39. The summed E-state index contributed by atoms with van der Waals surface area (Å²) in [6.45, 7) is 1.83. The van der Waals surface area contributed by atoms with E-state index in [-0.39, 0.29) is 24.7 Å². The normalized spacial score (nSPS) is 15.5. The van der Waals surface area contributed by atoms with Gasteiger partial charge in [-0.3, -0.25) is 14.5 Å². The molecule has 0 atom stereocenters. The van der Waals surface area contributed by atoms with Crippen molar-refractivity contribution in [1.82, 2.24) is 0 Å². The lowest BCUT2D eigenvalue weighted by Crippen LogP contribution is -2.28. The van der Waals surface area contributed by atoms with Gasteiger partial charge < -0.3 is 5.11 Å². The van der Waals surface area contributed by atoms with Crippen LogP contribution in [0.3, 0.4) is 0 Å². The molecule has 5 nitrogen and oxygen atoms in total. The molecule has 0 aliphatic carbocycles. The van der Waals surface area contributed by atoms with Gasteiger partial charge in [0.15, 0.2) is 0 Å². The first kappa shape index (κ1) is 13.0. The number of carboxylic acids is 1. The van der Waals surface area contributed by atoms with Gasteiger partial charge in [-0.2, -0.15) is 0 Å². The number of aliphatic carboxylic acids is 1. The highest BCUT2D eigenvalue weighted by atomic mass is 16.4. The molecule has 1 heterocycles. The monoisotopic (exact) mass is 259 g/mol. The third kappa shape index (κ3) is 2.88. The maximum Gasteiger partial charge on any atom is 0.328 e. The molecule has 1 fully saturated rings. The maximum absolute atomic E-state index is 11.7. The topological polar surface area (TPSA) is 74.7 Å². The van der Waals surface area contributed by atoms with Crippen LogP contribution in [0.5, 0.6) is 0 Å². The van der Waals surface area contributed by atoms with E-state index in [1.165, 1.54) is 6.08 Å². The third-order valence-corrected chi connectivity index (χ3v) is 2.81. The first-order valence-electron chi connectivity index (χ1n) is 5.86. The molecule has 1 saturated heterocycles. The maximum atomic E-state index is 11.7. The number of nitrogens with zero attached hydrogens (tertiary/aromatic N) is 1. The van der Waals surface area contributed by atoms with E-state index in [1.54, 1.807) is 18.2 Å². The van der Waals surface area contributed by atoms with Crippen LogP contribution in [0.2, 0.25) is 0 Å². The summed E-state index contributed by atoms with van der Waals surface area (Å²) in [5.74, 6) is -1.48. The lowest BCUT2D eigenvalue weighted by Gasteiger charge is -2.15. The molecule has 1 aromatic carbocycles. The second-order valence-electron chi connectivity index (χ2n) is 4.40. The van der Waals surface area contributed by atoms with Crippen LogP contribution in [0.4, 0.5) is 5.69 Å². The Kier molecular flexibility index (Phi) is 3.46. The van der Waals surface area contributed by atoms with Crippen LogP contribution in [-0.4, -0.2) is 22.9 Å². The first-order valence-corrected chi connectivity index (χ1v) is 5.86. The number of carboxylic acid groups (broad SMARTS) is 1. The van der Waals surface area contributed by atoms with E-state index < -0.39 is 5.97 Å². The summed E-state index contributed by atoms with van der Waals surface area (Å²) in [7, 11) is 0. The van der Waals surface area contributed by atoms with Gasteiger partial charge in [0.1, 0.15) is 0 Å². The van der Waals surface area contributed by atoms with E-state index in [2.05, 4.69) is 0 Å². The fourth-order valence-corrected chi connectivity index (χ4v) is 2.05. The predicted molar refractivity (Wildman–Crippen MR) is 69.6 cm³/mol. The van der Waals surface area contributed by atoms with Crippen molar-refractivity contribution in [3.63, 3.8) is 0 Å². The summed E-state index contributed by atoms with van der Waals surface area (Å²) in [5, 5.41) is 8.60. The minimum Gasteiger partial charge on any atom is -0.478 e. The van der Waals surface area contributed by atoms with Crippen molar-refractivity contribution in [2.45, 2.75) is 19.8 Å². The lowest BCUT2D eigenvalue weighted by atomic mass is 10.1. The van der Waals surface area contributed by atoms with E-state index in [9.17, 15) is 14.4 Å². The number of hydrogen-bond acceptors (Lipinski definition) is 3. The molecule has 0 unspecified atom stereocenters. The highest BCUT2D eigenvalue weighted by Gasteiger charge is 2.30. The molecule has 0 saturated carbocycles. The SMILES string of the molecule is Cc1cc(/C=C/C(=O)O)cc(N2C(=O)CCC2=O)c1. The summed E-state index contributed by atoms with van der Waals surface area (Å²) in [5.41, 5.74) is 2.00. The molecule has 0 radical (unpaired) electrons. The molecule has 98 valence electrons. The van der Waals surface area contributed by atoms with Crippen molar-refractivity contribution in [2.24, 2.45) is 0 Å². The predicted octanol–water partition coefficient (Wildman–Crippen LogP) is 1.75. The fraction of sp³-hybridized carbons (Fsp3) is 0.214. The standard InChI is InChI=1S/C14H13NO4/c1-9-6-10(2-5-14(18)19)8-11(7-9)15-12(16)3-4-13(15)17/h2,5-8H,3-4H2,1H3,(H,18,19)/b5-2+. The molecule has 2 amide bonds. The summed E-state index contributed by atoms with van der Waals surface area (Å²) in [4.78, 5) is 35.0. The number of anilines is 1. The number of hydrogen-bond donors (Lipinski definition) is 1. The molecule has 1 aromatic rings. The van der Waals surface area contributed by atoms with E-state index in [4.69, 9.17) is 5.11 Å². The number of carbonyl (C=O) groups excluding carboxylic acids is 2. The molecule has 1 aliphatic heterocycles. The summed E-state index contributed by atoms with van der Waals surface area (Å²) < 4.78 is 0. The molecule has 1 N–H and O–H groups in total. The minimum atomic E-state index is -1.05. The van der Waals surface area contributed by atoms with Crippen LogP contribution in [-0.2, 0) is 14.4 Å². The Morgan fingerprint density at radius 3 is 2.42 bits per heavy atom. The average molecular weight is 259 g/mol. The summed E-state index contributed by atoms with van der Waals surface area (Å²) >= 11 is 0. The number of aryl methyl sites for hydroxylation is 1. The quantitative estimate of drug-likeness (QED) is 0.662. The Morgan fingerprint density at radius 2 is 1.84 bits per heavy atom. The van der Waals surface area contributed by atoms with Crippen molar-refractivity contribution in [1.29, 1.82) is 0 Å². The molecule has 19 heavy (non-hydrogen) atoms. The Hall–Kier alpha value is -2.43. The number of carbonyl (C=O) groups is 3. The van der Waals surface area contributed by atoms with Crippen molar-refractivity contribution in [2.75, 3.05) is 4.90 Å². The van der Waals surface area contributed by atoms with Crippen LogP contribution in [0.1, 0.15) is 24.0 Å². The summed E-state index contributed by atoms with van der Waals surface area (Å²) in [6, 6.07) is 5.15. The molecule has 0 spiro atoms. The van der Waals surface area contributed by atoms with Gasteiger partial charge in [0.05, 0.1) is 5.69 Å². The highest BCUT2D eigenvalue weighted by Crippen LogP contribution is 2.25. The number of benzene rings is 1. The van der Waals surface area contributed by atoms with Crippen LogP contribution < -0.4 is 4.90 Å². The Morgan fingerprint density at radius 1 is 1.21 bits per heavy atom. The fourth-order valence-electron chi connectivity index (χ4n) is 2.05. The molecule has 0 aromatic heterocycles. The lowest BCUT2D eigenvalue weighted by molar-refractivity contribution is -0.131. The number of rotatable bonds is 3. The van der Waals surface area contributed by atoms with Gasteiger partial charge in [0.2, 0.25) is 11.8 Å². The first-order chi connectivity index (χ1) is 8.97. The van der Waals surface area contributed by atoms with E-state index in [0.717, 1.165) is 16.5 Å². The van der Waals surface area contributed by atoms with Crippen LogP contribution >= 0.6 is 0 Å². The van der Waals surface area contributed by atoms with Gasteiger partial charge in [-0.1, -0.05) is 6.07 Å². The number of amides is 2. The second kappa shape index (κ2) is 5.06. The Labute approximate surface area is 110 Å². The van der Waals surface area contributed by atoms with Crippen LogP contribution in [0.15, 0.2) is 24.3 Å². The Bertz CT molecular complexity index is 573. The van der Waals surface area contributed by atoms with Gasteiger partial charge in [-0.25, -0.2) is 4.79 Å². The zero-order valence-corrected chi connectivity index (χ0v) is 10.4. The highest BCUT2D eigenvalue weighted by molar-refractivity contribution is 6.19. The van der Waals surface area contributed by atoms with E-state index >= 15 is 0 Å². The van der Waals surface area contributed by atoms with Gasteiger partial charge in [-0.05, 0) is 36.3 Å². The van der Waals surface area contributed by atoms with Crippen LogP contribution in [0, 0.1) is 6.92 Å². The van der Waals surface area contributed by atoms with Gasteiger partial charge in [0, 0.05) is 18.9 Å². The van der Waals surface area contributed by atoms with Gasteiger partial charge in [-0.15, -0.1) is 0 Å². The second-order valence-corrected chi connectivity index (χ2v) is 4.40. The molecular weight excluding hydrogens is 246 g/mol. The van der Waals surface area contributed by atoms with Crippen molar-refractivity contribution in [3.8, 4) is 0 Å². The molecule has 5 heteroatoms. The smallest absolute Gasteiger partial charge is 0.328 e. The average Bonchev–Trinajstić information content (AvgIpc) is 2.66. The van der Waals surface area contributed by atoms with E-state index in [0.29, 0.717) is 11.3 Å². The largest absolute Gasteiger partial charge is 0.478 e. The molecule has 2 rings (SSSR count). The zero-order chi connectivity index (χ0) is 14.0. The summed E-state index contributed by atoms with van der Waals surface area (Å²) in [6.07, 6.45) is 2.91. The minimum absolute atomic E-state index is 0.219. The molecular formula is C14H13NO4. The van der Waals surface area contributed by atoms with E-state index in [1.807, 2.05) is 6.92 Å². The van der Waals surface area contributed by atoms with Crippen LogP contribution in [0.25, 0.3) is 6.08 Å². The zero-order valence-electron chi connectivity index (χ0n) is 10.4. The molecule has 1 aliphatic rings. The van der Waals surface area contributed by atoms with Crippen molar-refractivity contribution in [3.05, 3.63) is 35.4 Å². The third-order valence-electron chi connectivity index (χ3n) is 2.81. The van der Waals surface area contributed by atoms with Crippen molar-refractivity contribution < 1.29 is 19.5 Å². The number of imide groups is 1. The molecule has 0 bridgehead atoms. The van der Waals surface area contributed by atoms with Gasteiger partial charge in [0.25, 0.3) is 0 Å².